The minimum absolute atomic E-state index is 0.302. The SMILES string of the molecule is COc1cc(C(=O)C(F)F)cc(C(F)(F)F)c1. The lowest BCUT2D eigenvalue weighted by atomic mass is 10.1. The maximum Gasteiger partial charge on any atom is 0.416 e. The van der Waals surface area contributed by atoms with Crippen LogP contribution in [0.15, 0.2) is 18.2 Å². The van der Waals surface area contributed by atoms with Crippen LogP contribution in [0.4, 0.5) is 22.0 Å². The van der Waals surface area contributed by atoms with E-state index in [0.717, 1.165) is 13.2 Å². The van der Waals surface area contributed by atoms with Gasteiger partial charge < -0.3 is 4.74 Å². The van der Waals surface area contributed by atoms with E-state index in [1.807, 2.05) is 0 Å². The molecule has 0 aromatic heterocycles. The fourth-order valence-electron chi connectivity index (χ4n) is 1.15. The Hall–Kier alpha value is -1.66. The minimum atomic E-state index is -4.73. The first-order valence-corrected chi connectivity index (χ1v) is 4.34. The van der Waals surface area contributed by atoms with Crippen molar-refractivity contribution in [3.63, 3.8) is 0 Å². The van der Waals surface area contributed by atoms with Gasteiger partial charge in [-0.25, -0.2) is 8.78 Å². The Balaban J connectivity index is 3.28. The Morgan fingerprint density at radius 1 is 1.24 bits per heavy atom. The van der Waals surface area contributed by atoms with Crippen LogP contribution in [0.2, 0.25) is 0 Å². The van der Waals surface area contributed by atoms with Crippen LogP contribution >= 0.6 is 0 Å². The van der Waals surface area contributed by atoms with Crippen molar-refractivity contribution in [2.45, 2.75) is 12.6 Å². The topological polar surface area (TPSA) is 26.3 Å². The molecule has 0 radical (unpaired) electrons. The molecule has 0 fully saturated rings. The molecule has 0 spiro atoms. The quantitative estimate of drug-likeness (QED) is 0.611. The van der Waals surface area contributed by atoms with Gasteiger partial charge in [-0.05, 0) is 18.2 Å². The van der Waals surface area contributed by atoms with Gasteiger partial charge in [-0.2, -0.15) is 13.2 Å². The van der Waals surface area contributed by atoms with E-state index >= 15 is 0 Å². The van der Waals surface area contributed by atoms with Gasteiger partial charge in [0.05, 0.1) is 12.7 Å². The van der Waals surface area contributed by atoms with Gasteiger partial charge in [0.2, 0.25) is 5.78 Å². The number of hydrogen-bond donors (Lipinski definition) is 0. The summed E-state index contributed by atoms with van der Waals surface area (Å²) in [7, 11) is 1.08. The van der Waals surface area contributed by atoms with Crippen molar-refractivity contribution in [2.75, 3.05) is 7.11 Å². The zero-order valence-electron chi connectivity index (χ0n) is 8.52. The van der Waals surface area contributed by atoms with E-state index in [1.54, 1.807) is 0 Å². The van der Waals surface area contributed by atoms with Crippen LogP contribution in [0.5, 0.6) is 5.75 Å². The van der Waals surface area contributed by atoms with Gasteiger partial charge >= 0.3 is 12.6 Å². The molecule has 17 heavy (non-hydrogen) atoms. The molecule has 0 aliphatic carbocycles. The molecule has 0 amide bonds. The van der Waals surface area contributed by atoms with Crippen molar-refractivity contribution in [3.05, 3.63) is 29.3 Å². The molecule has 7 heteroatoms. The van der Waals surface area contributed by atoms with Crippen molar-refractivity contribution >= 4 is 5.78 Å². The van der Waals surface area contributed by atoms with Gasteiger partial charge in [0.25, 0.3) is 0 Å². The van der Waals surface area contributed by atoms with E-state index in [4.69, 9.17) is 0 Å². The molecule has 0 N–H and O–H groups in total. The molecule has 1 aromatic carbocycles. The highest BCUT2D eigenvalue weighted by Crippen LogP contribution is 2.33. The van der Waals surface area contributed by atoms with E-state index in [0.29, 0.717) is 12.1 Å². The summed E-state index contributed by atoms with van der Waals surface area (Å²) in [6, 6.07) is 1.84. The predicted octanol–water partition coefficient (Wildman–Crippen LogP) is 3.16. The van der Waals surface area contributed by atoms with Crippen LogP contribution in [-0.4, -0.2) is 19.3 Å². The van der Waals surface area contributed by atoms with Gasteiger partial charge in [-0.3, -0.25) is 4.79 Å². The van der Waals surface area contributed by atoms with Gasteiger partial charge in [-0.15, -0.1) is 0 Å². The molecule has 0 saturated heterocycles. The third kappa shape index (κ3) is 3.15. The average molecular weight is 254 g/mol. The van der Waals surface area contributed by atoms with Crippen LogP contribution in [0.1, 0.15) is 15.9 Å². The standard InChI is InChI=1S/C10H7F5O2/c1-17-7-3-5(8(16)9(11)12)2-6(4-7)10(13,14)15/h2-4,9H,1H3. The van der Waals surface area contributed by atoms with Crippen molar-refractivity contribution < 1.29 is 31.5 Å². The summed E-state index contributed by atoms with van der Waals surface area (Å²) in [5.74, 6) is -1.97. The number of Topliss-reactive ketones (excluding diaryl/α,β-unsaturated/α-hetero) is 1. The summed E-state index contributed by atoms with van der Waals surface area (Å²) in [6.07, 6.45) is -8.09. The van der Waals surface area contributed by atoms with E-state index in [-0.39, 0.29) is 5.75 Å². The summed E-state index contributed by atoms with van der Waals surface area (Å²) in [5, 5.41) is 0. The third-order valence-corrected chi connectivity index (χ3v) is 1.95. The maximum atomic E-state index is 12.4. The highest BCUT2D eigenvalue weighted by atomic mass is 19.4. The second-order valence-corrected chi connectivity index (χ2v) is 3.11. The lowest BCUT2D eigenvalue weighted by molar-refractivity contribution is -0.137. The van der Waals surface area contributed by atoms with E-state index in [1.165, 1.54) is 0 Å². The molecule has 0 bridgehead atoms. The molecule has 94 valence electrons. The van der Waals surface area contributed by atoms with Crippen LogP contribution < -0.4 is 4.74 Å². The van der Waals surface area contributed by atoms with E-state index < -0.39 is 29.5 Å². The maximum absolute atomic E-state index is 12.4. The number of ether oxygens (including phenoxy) is 1. The van der Waals surface area contributed by atoms with Gasteiger partial charge in [0.1, 0.15) is 5.75 Å². The van der Waals surface area contributed by atoms with Gasteiger partial charge in [0.15, 0.2) is 0 Å². The molecule has 0 aliphatic heterocycles. The first-order chi connectivity index (χ1) is 7.75. The van der Waals surface area contributed by atoms with Crippen LogP contribution in [0, 0.1) is 0 Å². The number of methoxy groups -OCH3 is 1. The highest BCUT2D eigenvalue weighted by molar-refractivity contribution is 5.99. The Kier molecular flexibility index (Phi) is 3.69. The lowest BCUT2D eigenvalue weighted by Crippen LogP contribution is -2.13. The molecule has 0 saturated carbocycles. The number of alkyl halides is 5. The van der Waals surface area contributed by atoms with Crippen molar-refractivity contribution in [1.29, 1.82) is 0 Å². The van der Waals surface area contributed by atoms with Gasteiger partial charge in [-0.1, -0.05) is 0 Å². The number of ketones is 1. The van der Waals surface area contributed by atoms with Gasteiger partial charge in [0, 0.05) is 5.56 Å². The van der Waals surface area contributed by atoms with E-state index in [2.05, 4.69) is 4.74 Å². The first kappa shape index (κ1) is 13.4. The largest absolute Gasteiger partial charge is 0.497 e. The summed E-state index contributed by atoms with van der Waals surface area (Å²) < 4.78 is 65.9. The average Bonchev–Trinajstić information content (AvgIpc) is 2.26. The van der Waals surface area contributed by atoms with Crippen LogP contribution in [0.25, 0.3) is 0 Å². The molecular formula is C10H7F5O2. The fraction of sp³-hybridized carbons (Fsp3) is 0.300. The lowest BCUT2D eigenvalue weighted by Gasteiger charge is -2.10. The number of carbonyl (C=O) groups excluding carboxylic acids is 1. The summed E-state index contributed by atoms with van der Waals surface area (Å²) >= 11 is 0. The van der Waals surface area contributed by atoms with E-state index in [9.17, 15) is 26.7 Å². The Labute approximate surface area is 93.0 Å². The smallest absolute Gasteiger partial charge is 0.416 e. The first-order valence-electron chi connectivity index (χ1n) is 4.34. The predicted molar refractivity (Wildman–Crippen MR) is 48.3 cm³/mol. The Bertz CT molecular complexity index is 425. The molecule has 1 rings (SSSR count). The Morgan fingerprint density at radius 3 is 2.24 bits per heavy atom. The summed E-state index contributed by atoms with van der Waals surface area (Å²) in [4.78, 5) is 10.9. The minimum Gasteiger partial charge on any atom is -0.497 e. The van der Waals surface area contributed by atoms with Crippen molar-refractivity contribution in [3.8, 4) is 5.75 Å². The molecule has 0 aliphatic rings. The van der Waals surface area contributed by atoms with Crippen molar-refractivity contribution in [2.24, 2.45) is 0 Å². The zero-order chi connectivity index (χ0) is 13.2. The van der Waals surface area contributed by atoms with Crippen molar-refractivity contribution in [1.82, 2.24) is 0 Å². The molecule has 0 heterocycles. The monoisotopic (exact) mass is 254 g/mol. The molecule has 1 aromatic rings. The summed E-state index contributed by atoms with van der Waals surface area (Å²) in [5.41, 5.74) is -1.94. The molecular weight excluding hydrogens is 247 g/mol. The number of carbonyl (C=O) groups is 1. The van der Waals surface area contributed by atoms with Crippen LogP contribution in [-0.2, 0) is 6.18 Å². The molecule has 2 nitrogen and oxygen atoms in total. The number of hydrogen-bond acceptors (Lipinski definition) is 2. The Morgan fingerprint density at radius 2 is 1.82 bits per heavy atom. The number of rotatable bonds is 3. The third-order valence-electron chi connectivity index (χ3n) is 1.95. The second kappa shape index (κ2) is 4.68. The highest BCUT2D eigenvalue weighted by Gasteiger charge is 2.32. The normalized spacial score (nSPS) is 11.7. The summed E-state index contributed by atoms with van der Waals surface area (Å²) in [6.45, 7) is 0. The number of benzene rings is 1. The fourth-order valence-corrected chi connectivity index (χ4v) is 1.15. The molecule has 0 unspecified atom stereocenters. The second-order valence-electron chi connectivity index (χ2n) is 3.11. The van der Waals surface area contributed by atoms with Crippen LogP contribution in [0.3, 0.4) is 0 Å². The zero-order valence-corrected chi connectivity index (χ0v) is 8.52. The number of halogens is 5. The molecule has 0 atom stereocenters.